The van der Waals surface area contributed by atoms with E-state index in [0.717, 1.165) is 17.7 Å². The van der Waals surface area contributed by atoms with Gasteiger partial charge in [0.25, 0.3) is 11.1 Å². The van der Waals surface area contributed by atoms with E-state index in [-0.39, 0.29) is 28.6 Å². The van der Waals surface area contributed by atoms with Gasteiger partial charge in [0, 0.05) is 18.5 Å². The van der Waals surface area contributed by atoms with E-state index >= 15 is 0 Å². The van der Waals surface area contributed by atoms with Crippen molar-refractivity contribution in [3.05, 3.63) is 40.4 Å². The topological polar surface area (TPSA) is 111 Å². The Labute approximate surface area is 216 Å². The maximum Gasteiger partial charge on any atom is 0.279 e. The van der Waals surface area contributed by atoms with Crippen molar-refractivity contribution >= 4 is 28.9 Å². The van der Waals surface area contributed by atoms with E-state index in [1.165, 1.54) is 25.6 Å². The number of carbonyl (C=O) groups is 1. The first-order valence-electron chi connectivity index (χ1n) is 11.5. The van der Waals surface area contributed by atoms with Crippen molar-refractivity contribution in [1.82, 2.24) is 19.9 Å². The Hall–Kier alpha value is -3.44. The number of hydrogen-bond acceptors (Lipinski definition) is 10. The average Bonchev–Trinajstić information content (AvgIpc) is 3.28. The second-order valence-corrected chi connectivity index (χ2v) is 10.3. The molecule has 0 aliphatic heterocycles. The molecule has 0 atom stereocenters. The number of carbonyl (C=O) groups excluding carboxylic acids is 1. The van der Waals surface area contributed by atoms with Gasteiger partial charge in [0.1, 0.15) is 11.4 Å². The number of aryl methyl sites for hydroxylation is 1. The molecule has 11 heteroatoms. The summed E-state index contributed by atoms with van der Waals surface area (Å²) in [5, 5.41) is 7.87. The second-order valence-electron chi connectivity index (χ2n) is 9.46. The number of nitrogens with one attached hydrogen (secondary N) is 2. The number of methoxy groups -OCH3 is 2. The summed E-state index contributed by atoms with van der Waals surface area (Å²) in [7, 11) is 6.87. The lowest BCUT2D eigenvalue weighted by Gasteiger charge is -2.20. The fourth-order valence-electron chi connectivity index (χ4n) is 3.15. The molecular weight excluding hydrogens is 480 g/mol. The van der Waals surface area contributed by atoms with Crippen LogP contribution in [0.4, 0.5) is 11.6 Å². The SMILES string of the molecule is COc1nc(NCCN(C)C)nc(OC)c1NC(=O)c1csc(Oc2cc(C(C)(C)C)ccc2C)n1. The van der Waals surface area contributed by atoms with E-state index < -0.39 is 5.91 Å². The summed E-state index contributed by atoms with van der Waals surface area (Å²) >= 11 is 1.24. The Kier molecular flexibility index (Phi) is 8.70. The summed E-state index contributed by atoms with van der Waals surface area (Å²) in [4.78, 5) is 28.1. The molecule has 1 amide bonds. The molecule has 1 aromatic carbocycles. The molecule has 194 valence electrons. The zero-order valence-corrected chi connectivity index (χ0v) is 22.9. The Morgan fingerprint density at radius 3 is 2.33 bits per heavy atom. The predicted octanol–water partition coefficient (Wildman–Crippen LogP) is 4.57. The van der Waals surface area contributed by atoms with Gasteiger partial charge in [-0.3, -0.25) is 4.79 Å². The molecule has 0 saturated heterocycles. The molecule has 0 bridgehead atoms. The number of aromatic nitrogens is 3. The van der Waals surface area contributed by atoms with Crippen LogP contribution in [-0.2, 0) is 5.41 Å². The maximum atomic E-state index is 13.0. The van der Waals surface area contributed by atoms with Gasteiger partial charge in [0.2, 0.25) is 17.7 Å². The lowest BCUT2D eigenvalue weighted by molar-refractivity contribution is 0.102. The van der Waals surface area contributed by atoms with Crippen molar-refractivity contribution < 1.29 is 19.0 Å². The van der Waals surface area contributed by atoms with Crippen molar-refractivity contribution in [3.63, 3.8) is 0 Å². The molecule has 0 radical (unpaired) electrons. The van der Waals surface area contributed by atoms with Gasteiger partial charge in [-0.15, -0.1) is 0 Å². The molecule has 0 saturated carbocycles. The van der Waals surface area contributed by atoms with Crippen LogP contribution in [0.15, 0.2) is 23.6 Å². The highest BCUT2D eigenvalue weighted by molar-refractivity contribution is 7.11. The van der Waals surface area contributed by atoms with Crippen LogP contribution in [0.5, 0.6) is 22.7 Å². The predicted molar refractivity (Wildman–Crippen MR) is 142 cm³/mol. The van der Waals surface area contributed by atoms with Gasteiger partial charge in [-0.25, -0.2) is 0 Å². The smallest absolute Gasteiger partial charge is 0.279 e. The highest BCUT2D eigenvalue weighted by Crippen LogP contribution is 2.35. The number of hydrogen-bond donors (Lipinski definition) is 2. The van der Waals surface area contributed by atoms with E-state index in [9.17, 15) is 4.79 Å². The van der Waals surface area contributed by atoms with Crippen molar-refractivity contribution in [2.24, 2.45) is 0 Å². The van der Waals surface area contributed by atoms with E-state index in [1.54, 1.807) is 5.38 Å². The summed E-state index contributed by atoms with van der Waals surface area (Å²) < 4.78 is 16.8. The molecule has 2 aromatic heterocycles. The molecular formula is C25H34N6O4S. The number of ether oxygens (including phenoxy) is 3. The van der Waals surface area contributed by atoms with Gasteiger partial charge in [-0.05, 0) is 43.6 Å². The van der Waals surface area contributed by atoms with Crippen molar-refractivity contribution in [2.75, 3.05) is 52.0 Å². The normalized spacial score (nSPS) is 11.4. The van der Waals surface area contributed by atoms with Crippen LogP contribution in [-0.4, -0.2) is 67.2 Å². The summed E-state index contributed by atoms with van der Waals surface area (Å²) in [6, 6.07) is 6.13. The molecule has 3 rings (SSSR count). The fourth-order valence-corrected chi connectivity index (χ4v) is 3.81. The third-order valence-corrected chi connectivity index (χ3v) is 5.99. The molecule has 0 fully saturated rings. The maximum absolute atomic E-state index is 13.0. The molecule has 0 spiro atoms. The highest BCUT2D eigenvalue weighted by atomic mass is 32.1. The number of thiazole rings is 1. The standard InChI is InChI=1S/C25H34N6O4S/c1-15-9-10-16(25(2,3)4)13-18(15)35-24-27-17(14-36-24)20(32)28-19-21(33-7)29-23(30-22(19)34-8)26-11-12-31(5)6/h9-10,13-14H,11-12H2,1-8H3,(H,28,32)(H,26,29,30). The van der Waals surface area contributed by atoms with Gasteiger partial charge < -0.3 is 29.7 Å². The fraction of sp³-hybridized carbons (Fsp3) is 0.440. The first-order chi connectivity index (χ1) is 17.0. The number of benzene rings is 1. The molecule has 0 unspecified atom stereocenters. The second kappa shape index (κ2) is 11.5. The zero-order chi connectivity index (χ0) is 26.5. The van der Waals surface area contributed by atoms with E-state index in [0.29, 0.717) is 23.4 Å². The summed E-state index contributed by atoms with van der Waals surface area (Å²) in [5.41, 5.74) is 2.52. The molecule has 3 aromatic rings. The average molecular weight is 515 g/mol. The van der Waals surface area contributed by atoms with Gasteiger partial charge in [0.15, 0.2) is 5.69 Å². The van der Waals surface area contributed by atoms with Gasteiger partial charge >= 0.3 is 0 Å². The Bertz CT molecular complexity index is 1180. The summed E-state index contributed by atoms with van der Waals surface area (Å²) in [6.45, 7) is 9.83. The first-order valence-corrected chi connectivity index (χ1v) is 12.3. The number of amides is 1. The van der Waals surface area contributed by atoms with E-state index in [2.05, 4.69) is 52.4 Å². The van der Waals surface area contributed by atoms with Gasteiger partial charge in [-0.1, -0.05) is 44.2 Å². The van der Waals surface area contributed by atoms with Crippen LogP contribution in [0.2, 0.25) is 0 Å². The van der Waals surface area contributed by atoms with Gasteiger partial charge in [0.05, 0.1) is 14.2 Å². The van der Waals surface area contributed by atoms with Crippen LogP contribution < -0.4 is 24.8 Å². The summed E-state index contributed by atoms with van der Waals surface area (Å²) in [5.74, 6) is 0.918. The third kappa shape index (κ3) is 6.82. The summed E-state index contributed by atoms with van der Waals surface area (Å²) in [6.07, 6.45) is 0. The van der Waals surface area contributed by atoms with Crippen LogP contribution in [0.25, 0.3) is 0 Å². The highest BCUT2D eigenvalue weighted by Gasteiger charge is 2.22. The lowest BCUT2D eigenvalue weighted by Crippen LogP contribution is -2.22. The lowest BCUT2D eigenvalue weighted by atomic mass is 9.86. The van der Waals surface area contributed by atoms with Crippen LogP contribution in [0.3, 0.4) is 0 Å². The largest absolute Gasteiger partial charge is 0.479 e. The number of anilines is 2. The van der Waals surface area contributed by atoms with E-state index in [4.69, 9.17) is 14.2 Å². The Morgan fingerprint density at radius 2 is 1.75 bits per heavy atom. The Morgan fingerprint density at radius 1 is 1.08 bits per heavy atom. The van der Waals surface area contributed by atoms with Crippen LogP contribution >= 0.6 is 11.3 Å². The zero-order valence-electron chi connectivity index (χ0n) is 22.1. The minimum atomic E-state index is -0.463. The Balaban J connectivity index is 1.77. The molecule has 10 nitrogen and oxygen atoms in total. The monoisotopic (exact) mass is 514 g/mol. The van der Waals surface area contributed by atoms with Crippen molar-refractivity contribution in [1.29, 1.82) is 0 Å². The molecule has 2 N–H and O–H groups in total. The van der Waals surface area contributed by atoms with Crippen molar-refractivity contribution in [3.8, 4) is 22.7 Å². The van der Waals surface area contributed by atoms with Crippen molar-refractivity contribution in [2.45, 2.75) is 33.1 Å². The minimum absolute atomic E-state index is 0.0165. The minimum Gasteiger partial charge on any atom is -0.479 e. The molecule has 0 aliphatic carbocycles. The van der Waals surface area contributed by atoms with Gasteiger partial charge in [-0.2, -0.15) is 15.0 Å². The van der Waals surface area contributed by atoms with Crippen LogP contribution in [0, 0.1) is 6.92 Å². The first kappa shape index (κ1) is 27.2. The van der Waals surface area contributed by atoms with Crippen LogP contribution in [0.1, 0.15) is 42.4 Å². The number of nitrogens with zero attached hydrogens (tertiary/aromatic N) is 4. The number of rotatable bonds is 10. The quantitative estimate of drug-likeness (QED) is 0.402. The number of likely N-dealkylation sites (N-methyl/N-ethyl adjacent to an activating group) is 1. The molecule has 36 heavy (non-hydrogen) atoms. The molecule has 2 heterocycles. The molecule has 0 aliphatic rings. The van der Waals surface area contributed by atoms with E-state index in [1.807, 2.05) is 38.1 Å². The third-order valence-electron chi connectivity index (χ3n) is 5.28.